The van der Waals surface area contributed by atoms with E-state index in [1.54, 1.807) is 0 Å². The standard InChI is InChI=1S/C22H26N6O2/c1-15-12-20(25-21(24-15)16-2-3-16)27-8-6-26(7-9-27)17-4-5-18-19(13-17)23-14-28(10-11-29)22(18)30/h4-5,12-14,16,29H,2-3,6-11H2,1H3. The number of aromatic nitrogens is 4. The van der Waals surface area contributed by atoms with Crippen molar-refractivity contribution in [3.63, 3.8) is 0 Å². The lowest BCUT2D eigenvalue weighted by molar-refractivity contribution is 0.274. The monoisotopic (exact) mass is 406 g/mol. The van der Waals surface area contributed by atoms with Crippen molar-refractivity contribution < 1.29 is 5.11 Å². The number of benzene rings is 1. The van der Waals surface area contributed by atoms with Crippen molar-refractivity contribution in [2.75, 3.05) is 42.6 Å². The number of aryl methyl sites for hydroxylation is 1. The van der Waals surface area contributed by atoms with Crippen LogP contribution in [-0.4, -0.2) is 57.4 Å². The van der Waals surface area contributed by atoms with Crippen LogP contribution < -0.4 is 15.4 Å². The Kier molecular flexibility index (Phi) is 4.86. The van der Waals surface area contributed by atoms with Crippen LogP contribution in [0.1, 0.15) is 30.3 Å². The first kappa shape index (κ1) is 19.0. The Labute approximate surface area is 174 Å². The number of rotatable bonds is 5. The number of anilines is 2. The molecule has 5 rings (SSSR count). The molecule has 8 heteroatoms. The minimum Gasteiger partial charge on any atom is -0.395 e. The third-order valence-electron chi connectivity index (χ3n) is 5.92. The van der Waals surface area contributed by atoms with Gasteiger partial charge in [0.05, 0.1) is 30.4 Å². The third kappa shape index (κ3) is 3.63. The van der Waals surface area contributed by atoms with Crippen LogP contribution in [-0.2, 0) is 6.54 Å². The second-order valence-corrected chi connectivity index (χ2v) is 8.14. The van der Waals surface area contributed by atoms with Crippen LogP contribution in [0.4, 0.5) is 11.5 Å². The Morgan fingerprint density at radius 2 is 1.83 bits per heavy atom. The summed E-state index contributed by atoms with van der Waals surface area (Å²) < 4.78 is 1.44. The second kappa shape index (κ2) is 7.68. The molecule has 0 radical (unpaired) electrons. The average molecular weight is 406 g/mol. The molecular weight excluding hydrogens is 380 g/mol. The molecule has 156 valence electrons. The molecule has 0 spiro atoms. The quantitative estimate of drug-likeness (QED) is 0.690. The maximum absolute atomic E-state index is 12.5. The van der Waals surface area contributed by atoms with Gasteiger partial charge in [0.15, 0.2) is 0 Å². The highest BCUT2D eigenvalue weighted by Gasteiger charge is 2.28. The molecule has 0 atom stereocenters. The first-order chi connectivity index (χ1) is 14.6. The summed E-state index contributed by atoms with van der Waals surface area (Å²) in [5.74, 6) is 2.59. The van der Waals surface area contributed by atoms with E-state index in [1.807, 2.05) is 25.1 Å². The van der Waals surface area contributed by atoms with Gasteiger partial charge in [0.25, 0.3) is 5.56 Å². The Bertz CT molecular complexity index is 1130. The normalized spacial score (nSPS) is 17.0. The van der Waals surface area contributed by atoms with E-state index < -0.39 is 0 Å². The Morgan fingerprint density at radius 1 is 1.07 bits per heavy atom. The highest BCUT2D eigenvalue weighted by Crippen LogP contribution is 2.38. The van der Waals surface area contributed by atoms with Crippen molar-refractivity contribution in [3.8, 4) is 0 Å². The zero-order chi connectivity index (χ0) is 20.7. The Balaban J connectivity index is 1.32. The molecule has 1 N–H and O–H groups in total. The van der Waals surface area contributed by atoms with E-state index in [-0.39, 0.29) is 18.7 Å². The average Bonchev–Trinajstić information content (AvgIpc) is 3.61. The van der Waals surface area contributed by atoms with Crippen molar-refractivity contribution in [2.24, 2.45) is 0 Å². The van der Waals surface area contributed by atoms with Crippen molar-refractivity contribution in [3.05, 3.63) is 52.5 Å². The Morgan fingerprint density at radius 3 is 2.57 bits per heavy atom. The first-order valence-corrected chi connectivity index (χ1v) is 10.6. The maximum atomic E-state index is 12.5. The van der Waals surface area contributed by atoms with Gasteiger partial charge in [-0.25, -0.2) is 15.0 Å². The van der Waals surface area contributed by atoms with Crippen molar-refractivity contribution in [1.29, 1.82) is 0 Å². The van der Waals surface area contributed by atoms with E-state index in [0.29, 0.717) is 16.8 Å². The van der Waals surface area contributed by atoms with Crippen molar-refractivity contribution >= 4 is 22.4 Å². The topological polar surface area (TPSA) is 87.4 Å². The number of piperazine rings is 1. The van der Waals surface area contributed by atoms with E-state index in [0.717, 1.165) is 49.2 Å². The zero-order valence-corrected chi connectivity index (χ0v) is 17.2. The summed E-state index contributed by atoms with van der Waals surface area (Å²) in [5.41, 5.74) is 2.69. The third-order valence-corrected chi connectivity index (χ3v) is 5.92. The molecule has 1 saturated carbocycles. The van der Waals surface area contributed by atoms with Gasteiger partial charge < -0.3 is 14.9 Å². The first-order valence-electron chi connectivity index (χ1n) is 10.6. The molecule has 2 aliphatic rings. The lowest BCUT2D eigenvalue weighted by Crippen LogP contribution is -2.47. The fourth-order valence-corrected chi connectivity index (χ4v) is 4.06. The highest BCUT2D eigenvalue weighted by molar-refractivity contribution is 5.81. The molecule has 1 saturated heterocycles. The molecular formula is C22H26N6O2. The van der Waals surface area contributed by atoms with E-state index in [4.69, 9.17) is 10.1 Å². The van der Waals surface area contributed by atoms with Gasteiger partial charge in [0.2, 0.25) is 0 Å². The molecule has 0 amide bonds. The number of fused-ring (bicyclic) bond motifs is 1. The highest BCUT2D eigenvalue weighted by atomic mass is 16.3. The van der Waals surface area contributed by atoms with Gasteiger partial charge in [-0.3, -0.25) is 9.36 Å². The summed E-state index contributed by atoms with van der Waals surface area (Å²) in [6, 6.07) is 7.90. The van der Waals surface area contributed by atoms with Crippen LogP contribution in [0.5, 0.6) is 0 Å². The molecule has 0 bridgehead atoms. The van der Waals surface area contributed by atoms with Crippen molar-refractivity contribution in [2.45, 2.75) is 32.2 Å². The van der Waals surface area contributed by atoms with Gasteiger partial charge in [-0.05, 0) is 38.0 Å². The van der Waals surface area contributed by atoms with E-state index in [2.05, 4.69) is 25.8 Å². The molecule has 1 aromatic carbocycles. The zero-order valence-electron chi connectivity index (χ0n) is 17.2. The molecule has 0 unspecified atom stereocenters. The minimum atomic E-state index is -0.115. The van der Waals surface area contributed by atoms with Gasteiger partial charge in [-0.15, -0.1) is 0 Å². The van der Waals surface area contributed by atoms with E-state index in [1.165, 1.54) is 23.7 Å². The largest absolute Gasteiger partial charge is 0.395 e. The molecule has 8 nitrogen and oxygen atoms in total. The number of nitrogens with zero attached hydrogens (tertiary/aromatic N) is 6. The predicted octanol–water partition coefficient (Wildman–Crippen LogP) is 1.69. The summed E-state index contributed by atoms with van der Waals surface area (Å²) >= 11 is 0. The molecule has 30 heavy (non-hydrogen) atoms. The molecule has 2 fully saturated rings. The lowest BCUT2D eigenvalue weighted by Gasteiger charge is -2.37. The fraction of sp³-hybridized carbons (Fsp3) is 0.455. The van der Waals surface area contributed by atoms with Gasteiger partial charge in [-0.2, -0.15) is 0 Å². The number of aliphatic hydroxyl groups excluding tert-OH is 1. The summed E-state index contributed by atoms with van der Waals surface area (Å²) in [6.45, 7) is 5.78. The summed E-state index contributed by atoms with van der Waals surface area (Å²) in [6.07, 6.45) is 3.92. The SMILES string of the molecule is Cc1cc(N2CCN(c3ccc4c(=O)n(CCO)cnc4c3)CC2)nc(C2CC2)n1. The van der Waals surface area contributed by atoms with Crippen LogP contribution in [0.2, 0.25) is 0 Å². The van der Waals surface area contributed by atoms with Crippen LogP contribution in [0.3, 0.4) is 0 Å². The minimum absolute atomic E-state index is 0.0799. The molecule has 3 aromatic rings. The van der Waals surface area contributed by atoms with Crippen LogP contribution in [0, 0.1) is 6.92 Å². The Hall–Kier alpha value is -3.00. The number of aliphatic hydroxyl groups is 1. The summed E-state index contributed by atoms with van der Waals surface area (Å²) in [5, 5.41) is 9.67. The molecule has 3 heterocycles. The van der Waals surface area contributed by atoms with Gasteiger partial charge in [-0.1, -0.05) is 0 Å². The second-order valence-electron chi connectivity index (χ2n) is 8.14. The van der Waals surface area contributed by atoms with Gasteiger partial charge in [0.1, 0.15) is 11.6 Å². The summed E-state index contributed by atoms with van der Waals surface area (Å²) in [7, 11) is 0. The lowest BCUT2D eigenvalue weighted by atomic mass is 10.2. The van der Waals surface area contributed by atoms with E-state index in [9.17, 15) is 4.79 Å². The van der Waals surface area contributed by atoms with Gasteiger partial charge >= 0.3 is 0 Å². The molecule has 2 aromatic heterocycles. The predicted molar refractivity (Wildman–Crippen MR) is 116 cm³/mol. The van der Waals surface area contributed by atoms with Gasteiger partial charge in [0, 0.05) is 49.5 Å². The smallest absolute Gasteiger partial charge is 0.261 e. The number of hydrogen-bond acceptors (Lipinski definition) is 7. The van der Waals surface area contributed by atoms with Crippen LogP contribution >= 0.6 is 0 Å². The van der Waals surface area contributed by atoms with Crippen molar-refractivity contribution in [1.82, 2.24) is 19.5 Å². The molecule has 1 aliphatic heterocycles. The van der Waals surface area contributed by atoms with Crippen LogP contribution in [0.25, 0.3) is 10.9 Å². The van der Waals surface area contributed by atoms with E-state index >= 15 is 0 Å². The maximum Gasteiger partial charge on any atom is 0.261 e. The number of hydrogen-bond donors (Lipinski definition) is 1. The fourth-order valence-electron chi connectivity index (χ4n) is 4.06. The van der Waals surface area contributed by atoms with Crippen LogP contribution in [0.15, 0.2) is 35.4 Å². The summed E-state index contributed by atoms with van der Waals surface area (Å²) in [4.78, 5) is 31.0. The molecule has 1 aliphatic carbocycles.